The Balaban J connectivity index is 1.48. The molecular formula is C22H31N5O3. The topological polar surface area (TPSA) is 90.8 Å². The fraction of sp³-hybridized carbons (Fsp3) is 0.500. The van der Waals surface area contributed by atoms with Gasteiger partial charge in [0.15, 0.2) is 6.61 Å². The number of likely N-dealkylation sites (N-methyl/N-ethyl adjacent to an activating group) is 1. The van der Waals surface area contributed by atoms with Gasteiger partial charge in [-0.3, -0.25) is 0 Å². The lowest BCUT2D eigenvalue weighted by molar-refractivity contribution is -0.139. The van der Waals surface area contributed by atoms with Crippen molar-refractivity contribution in [2.45, 2.75) is 32.2 Å². The number of nitrogens with one attached hydrogen (secondary N) is 1. The summed E-state index contributed by atoms with van der Waals surface area (Å²) >= 11 is 0. The molecule has 0 atom stereocenters. The first-order valence-corrected chi connectivity index (χ1v) is 10.5. The highest BCUT2D eigenvalue weighted by Gasteiger charge is 2.12. The zero-order valence-corrected chi connectivity index (χ0v) is 17.6. The van der Waals surface area contributed by atoms with Gasteiger partial charge >= 0.3 is 5.97 Å². The molecule has 1 aliphatic heterocycles. The van der Waals surface area contributed by atoms with Gasteiger partial charge in [-0.2, -0.15) is 4.98 Å². The predicted molar refractivity (Wildman–Crippen MR) is 117 cm³/mol. The molecule has 30 heavy (non-hydrogen) atoms. The summed E-state index contributed by atoms with van der Waals surface area (Å²) in [7, 11) is 2.02. The third-order valence-corrected chi connectivity index (χ3v) is 5.11. The van der Waals surface area contributed by atoms with Crippen molar-refractivity contribution in [1.82, 2.24) is 14.9 Å². The van der Waals surface area contributed by atoms with Crippen molar-refractivity contribution < 1.29 is 14.6 Å². The van der Waals surface area contributed by atoms with Crippen LogP contribution < -0.4 is 15.0 Å². The third-order valence-electron chi connectivity index (χ3n) is 5.11. The molecule has 3 rings (SSSR count). The largest absolute Gasteiger partial charge is 0.482 e. The number of anilines is 2. The number of para-hydroxylation sites is 1. The molecule has 0 saturated carbocycles. The Kier molecular flexibility index (Phi) is 8.26. The molecule has 2 N–H and O–H groups in total. The molecule has 0 bridgehead atoms. The van der Waals surface area contributed by atoms with Gasteiger partial charge in [-0.1, -0.05) is 31.0 Å². The molecule has 2 heterocycles. The summed E-state index contributed by atoms with van der Waals surface area (Å²) in [5.74, 6) is 1.26. The van der Waals surface area contributed by atoms with Gasteiger partial charge in [-0.25, -0.2) is 9.78 Å². The van der Waals surface area contributed by atoms with Gasteiger partial charge < -0.3 is 25.0 Å². The summed E-state index contributed by atoms with van der Waals surface area (Å²) in [6.45, 7) is 3.92. The monoisotopic (exact) mass is 413 g/mol. The standard InChI is InChI=1S/C22H31N5O3/c1-26(16-18-8-4-5-9-19(18)30-17-21(28)29)15-12-24-22-23-11-10-20(25-22)27-13-6-2-3-7-14-27/h4-5,8-11H,2-3,6-7,12-17H2,1H3,(H,28,29)(H,23,24,25). The van der Waals surface area contributed by atoms with Gasteiger partial charge in [0.1, 0.15) is 11.6 Å². The summed E-state index contributed by atoms with van der Waals surface area (Å²) in [6, 6.07) is 9.51. The van der Waals surface area contributed by atoms with E-state index in [4.69, 9.17) is 9.84 Å². The van der Waals surface area contributed by atoms with Crippen LogP contribution in [0.3, 0.4) is 0 Å². The Morgan fingerprint density at radius 2 is 1.97 bits per heavy atom. The van der Waals surface area contributed by atoms with Gasteiger partial charge in [0.2, 0.25) is 5.95 Å². The molecule has 1 aliphatic rings. The summed E-state index contributed by atoms with van der Waals surface area (Å²) in [4.78, 5) is 24.3. The van der Waals surface area contributed by atoms with Gasteiger partial charge in [0.05, 0.1) is 0 Å². The van der Waals surface area contributed by atoms with E-state index >= 15 is 0 Å². The zero-order chi connectivity index (χ0) is 21.2. The van der Waals surface area contributed by atoms with Crippen LogP contribution in [0.15, 0.2) is 36.5 Å². The van der Waals surface area contributed by atoms with Crippen molar-refractivity contribution in [2.24, 2.45) is 0 Å². The second-order valence-electron chi connectivity index (χ2n) is 7.59. The minimum atomic E-state index is -0.982. The van der Waals surface area contributed by atoms with Crippen LogP contribution in [-0.2, 0) is 11.3 Å². The van der Waals surface area contributed by atoms with Gasteiger partial charge in [0.25, 0.3) is 0 Å². The minimum Gasteiger partial charge on any atom is -0.482 e. The molecule has 0 radical (unpaired) electrons. The van der Waals surface area contributed by atoms with E-state index in [1.807, 2.05) is 37.5 Å². The maximum absolute atomic E-state index is 10.8. The first kappa shape index (κ1) is 21.8. The number of ether oxygens (including phenoxy) is 1. The summed E-state index contributed by atoms with van der Waals surface area (Å²) in [5, 5.41) is 12.1. The average molecular weight is 414 g/mol. The number of aromatic nitrogens is 2. The number of aliphatic carboxylic acids is 1. The Hall–Kier alpha value is -2.87. The smallest absolute Gasteiger partial charge is 0.341 e. The van der Waals surface area contributed by atoms with Crippen LogP contribution in [0.1, 0.15) is 31.2 Å². The quantitative estimate of drug-likeness (QED) is 0.614. The minimum absolute atomic E-state index is 0.340. The number of carboxylic acids is 1. The number of hydrogen-bond acceptors (Lipinski definition) is 7. The molecule has 0 amide bonds. The Labute approximate surface area is 177 Å². The van der Waals surface area contributed by atoms with Crippen LogP contribution in [0.5, 0.6) is 5.75 Å². The highest BCUT2D eigenvalue weighted by Crippen LogP contribution is 2.20. The molecule has 0 spiro atoms. The molecule has 162 valence electrons. The Morgan fingerprint density at radius 1 is 1.20 bits per heavy atom. The van der Waals surface area contributed by atoms with E-state index in [0.717, 1.165) is 31.0 Å². The van der Waals surface area contributed by atoms with Crippen molar-refractivity contribution in [1.29, 1.82) is 0 Å². The van der Waals surface area contributed by atoms with E-state index < -0.39 is 5.97 Å². The van der Waals surface area contributed by atoms with E-state index in [-0.39, 0.29) is 6.61 Å². The SMILES string of the molecule is CN(CCNc1nccc(N2CCCCCC2)n1)Cc1ccccc1OCC(=O)O. The van der Waals surface area contributed by atoms with E-state index in [1.165, 1.54) is 25.7 Å². The van der Waals surface area contributed by atoms with E-state index in [9.17, 15) is 4.79 Å². The number of benzene rings is 1. The van der Waals surface area contributed by atoms with E-state index in [0.29, 0.717) is 24.8 Å². The van der Waals surface area contributed by atoms with Crippen LogP contribution in [0.25, 0.3) is 0 Å². The first-order valence-electron chi connectivity index (χ1n) is 10.5. The number of hydrogen-bond donors (Lipinski definition) is 2. The molecule has 1 aromatic carbocycles. The molecule has 0 unspecified atom stereocenters. The summed E-state index contributed by atoms with van der Waals surface area (Å²) in [6.07, 6.45) is 6.84. The second-order valence-corrected chi connectivity index (χ2v) is 7.59. The average Bonchev–Trinajstić information content (AvgIpc) is 3.03. The predicted octanol–water partition coefficient (Wildman–Crippen LogP) is 2.86. The third kappa shape index (κ3) is 6.88. The van der Waals surface area contributed by atoms with E-state index in [2.05, 4.69) is 25.1 Å². The van der Waals surface area contributed by atoms with Crippen LogP contribution in [0.2, 0.25) is 0 Å². The molecule has 1 saturated heterocycles. The molecular weight excluding hydrogens is 382 g/mol. The lowest BCUT2D eigenvalue weighted by Crippen LogP contribution is -2.27. The highest BCUT2D eigenvalue weighted by molar-refractivity contribution is 5.68. The Morgan fingerprint density at radius 3 is 2.73 bits per heavy atom. The lowest BCUT2D eigenvalue weighted by atomic mass is 10.2. The molecule has 2 aromatic rings. The molecule has 8 nitrogen and oxygen atoms in total. The number of rotatable bonds is 10. The maximum atomic E-state index is 10.8. The van der Waals surface area contributed by atoms with Crippen molar-refractivity contribution in [3.05, 3.63) is 42.1 Å². The van der Waals surface area contributed by atoms with Crippen LogP contribution in [-0.4, -0.2) is 65.8 Å². The molecule has 0 aliphatic carbocycles. The highest BCUT2D eigenvalue weighted by atomic mass is 16.5. The molecule has 1 fully saturated rings. The van der Waals surface area contributed by atoms with Crippen LogP contribution >= 0.6 is 0 Å². The van der Waals surface area contributed by atoms with Crippen molar-refractivity contribution in [3.63, 3.8) is 0 Å². The molecule has 1 aromatic heterocycles. The van der Waals surface area contributed by atoms with Crippen molar-refractivity contribution >= 4 is 17.7 Å². The number of carbonyl (C=O) groups is 1. The van der Waals surface area contributed by atoms with Crippen LogP contribution in [0.4, 0.5) is 11.8 Å². The lowest BCUT2D eigenvalue weighted by Gasteiger charge is -2.22. The zero-order valence-electron chi connectivity index (χ0n) is 17.6. The van der Waals surface area contributed by atoms with Crippen LogP contribution in [0, 0.1) is 0 Å². The number of nitrogens with zero attached hydrogens (tertiary/aromatic N) is 4. The maximum Gasteiger partial charge on any atom is 0.341 e. The van der Waals surface area contributed by atoms with Crippen molar-refractivity contribution in [2.75, 3.05) is 50.1 Å². The number of carboxylic acid groups (broad SMARTS) is 1. The fourth-order valence-corrected chi connectivity index (χ4v) is 3.55. The van der Waals surface area contributed by atoms with Gasteiger partial charge in [0, 0.05) is 44.5 Å². The van der Waals surface area contributed by atoms with Gasteiger partial charge in [-0.15, -0.1) is 0 Å². The van der Waals surface area contributed by atoms with Crippen molar-refractivity contribution in [3.8, 4) is 5.75 Å². The fourth-order valence-electron chi connectivity index (χ4n) is 3.55. The molecule has 8 heteroatoms. The Bertz CT molecular complexity index is 809. The van der Waals surface area contributed by atoms with E-state index in [1.54, 1.807) is 6.07 Å². The second kappa shape index (κ2) is 11.3. The summed E-state index contributed by atoms with van der Waals surface area (Å²) < 4.78 is 5.39. The normalized spacial score (nSPS) is 14.4. The summed E-state index contributed by atoms with van der Waals surface area (Å²) in [5.41, 5.74) is 0.959. The first-order chi connectivity index (χ1) is 14.6. The van der Waals surface area contributed by atoms with Gasteiger partial charge in [-0.05, 0) is 32.0 Å².